The molecular formula is C25H19F4N3O3. The molecule has 0 unspecified atom stereocenters. The van der Waals surface area contributed by atoms with E-state index in [0.29, 0.717) is 17.1 Å². The largest absolute Gasteiger partial charge is 0.493 e. The molecule has 1 aromatic heterocycles. The van der Waals surface area contributed by atoms with E-state index in [1.54, 1.807) is 36.4 Å². The molecule has 3 aromatic carbocycles. The minimum absolute atomic E-state index is 0.0865. The van der Waals surface area contributed by atoms with Crippen molar-refractivity contribution in [3.63, 3.8) is 0 Å². The van der Waals surface area contributed by atoms with E-state index in [4.69, 9.17) is 9.47 Å². The second-order valence-corrected chi connectivity index (χ2v) is 7.44. The van der Waals surface area contributed by atoms with E-state index in [0.717, 1.165) is 10.2 Å². The Morgan fingerprint density at radius 3 is 2.37 bits per heavy atom. The SMILES string of the molecule is COc1ccccc1OCc1cccc(C(=O)Nc2ccn(Cc3c(F)c(F)cc(F)c3F)n2)c1. The molecule has 1 N–H and O–H groups in total. The van der Waals surface area contributed by atoms with E-state index in [9.17, 15) is 22.4 Å². The topological polar surface area (TPSA) is 65.4 Å². The summed E-state index contributed by atoms with van der Waals surface area (Å²) in [5.74, 6) is -5.27. The number of hydrogen-bond acceptors (Lipinski definition) is 4. The van der Waals surface area contributed by atoms with Gasteiger partial charge in [0.2, 0.25) is 0 Å². The van der Waals surface area contributed by atoms with Crippen LogP contribution in [-0.4, -0.2) is 22.8 Å². The van der Waals surface area contributed by atoms with Crippen LogP contribution in [0.2, 0.25) is 0 Å². The molecule has 1 heterocycles. The lowest BCUT2D eigenvalue weighted by Crippen LogP contribution is -2.14. The molecule has 35 heavy (non-hydrogen) atoms. The van der Waals surface area contributed by atoms with Gasteiger partial charge in [0, 0.05) is 23.9 Å². The molecule has 0 radical (unpaired) electrons. The van der Waals surface area contributed by atoms with Crippen LogP contribution >= 0.6 is 0 Å². The van der Waals surface area contributed by atoms with E-state index in [2.05, 4.69) is 10.4 Å². The normalized spacial score (nSPS) is 10.8. The molecule has 1 amide bonds. The average Bonchev–Trinajstić information content (AvgIpc) is 3.31. The summed E-state index contributed by atoms with van der Waals surface area (Å²) in [6.45, 7) is -0.380. The molecule has 0 saturated heterocycles. The van der Waals surface area contributed by atoms with Gasteiger partial charge in [0.05, 0.1) is 19.2 Å². The first kappa shape index (κ1) is 23.8. The third kappa shape index (κ3) is 5.43. The summed E-state index contributed by atoms with van der Waals surface area (Å²) in [6.07, 6.45) is 1.31. The number of rotatable bonds is 8. The molecule has 4 rings (SSSR count). The van der Waals surface area contributed by atoms with Crippen molar-refractivity contribution in [2.75, 3.05) is 12.4 Å². The number of nitrogens with one attached hydrogen (secondary N) is 1. The summed E-state index contributed by atoms with van der Waals surface area (Å²) in [6, 6.07) is 15.4. The van der Waals surface area contributed by atoms with Crippen molar-refractivity contribution in [3.8, 4) is 11.5 Å². The number of carbonyl (C=O) groups is 1. The number of benzene rings is 3. The van der Waals surface area contributed by atoms with Crippen molar-refractivity contribution >= 4 is 11.7 Å². The lowest BCUT2D eigenvalue weighted by Gasteiger charge is -2.11. The first-order chi connectivity index (χ1) is 16.9. The Balaban J connectivity index is 1.42. The lowest BCUT2D eigenvalue weighted by atomic mass is 10.1. The van der Waals surface area contributed by atoms with Gasteiger partial charge in [0.15, 0.2) is 40.6 Å². The van der Waals surface area contributed by atoms with E-state index in [1.165, 1.54) is 19.4 Å². The van der Waals surface area contributed by atoms with Crippen LogP contribution in [0.4, 0.5) is 23.4 Å². The van der Waals surface area contributed by atoms with E-state index >= 15 is 0 Å². The van der Waals surface area contributed by atoms with Gasteiger partial charge in [-0.1, -0.05) is 24.3 Å². The molecule has 0 aliphatic rings. The second kappa shape index (κ2) is 10.3. The predicted octanol–water partition coefficient (Wildman–Crippen LogP) is 5.33. The number of ether oxygens (including phenoxy) is 2. The summed E-state index contributed by atoms with van der Waals surface area (Å²) in [7, 11) is 1.54. The molecule has 4 aromatic rings. The Morgan fingerprint density at radius 1 is 0.943 bits per heavy atom. The predicted molar refractivity (Wildman–Crippen MR) is 119 cm³/mol. The third-order valence-electron chi connectivity index (χ3n) is 5.06. The zero-order valence-corrected chi connectivity index (χ0v) is 18.4. The summed E-state index contributed by atoms with van der Waals surface area (Å²) >= 11 is 0. The Bertz CT molecular complexity index is 1350. The van der Waals surface area contributed by atoms with Crippen LogP contribution in [0.1, 0.15) is 21.5 Å². The Kier molecular flexibility index (Phi) is 7.00. The lowest BCUT2D eigenvalue weighted by molar-refractivity contribution is 0.102. The van der Waals surface area contributed by atoms with Gasteiger partial charge >= 0.3 is 0 Å². The molecule has 10 heteroatoms. The van der Waals surface area contributed by atoms with Crippen molar-refractivity contribution in [2.45, 2.75) is 13.2 Å². The van der Waals surface area contributed by atoms with Crippen LogP contribution in [0, 0.1) is 23.3 Å². The standard InChI is InChI=1S/C25H19F4N3O3/c1-34-20-7-2-3-8-21(20)35-14-15-5-4-6-16(11-15)25(33)30-22-9-10-32(31-22)13-17-23(28)18(26)12-19(27)24(17)29/h2-12H,13-14H2,1H3,(H,30,31,33). The minimum Gasteiger partial charge on any atom is -0.493 e. The number of halogens is 4. The Labute approximate surface area is 197 Å². The first-order valence-electron chi connectivity index (χ1n) is 10.4. The van der Waals surface area contributed by atoms with Crippen molar-refractivity contribution in [2.24, 2.45) is 0 Å². The van der Waals surface area contributed by atoms with Gasteiger partial charge in [-0.3, -0.25) is 9.48 Å². The Morgan fingerprint density at radius 2 is 1.66 bits per heavy atom. The maximum atomic E-state index is 13.9. The smallest absolute Gasteiger partial charge is 0.256 e. The van der Waals surface area contributed by atoms with Crippen LogP contribution in [0.3, 0.4) is 0 Å². The van der Waals surface area contributed by atoms with E-state index in [-0.39, 0.29) is 18.5 Å². The number of para-hydroxylation sites is 2. The first-order valence-corrected chi connectivity index (χ1v) is 10.4. The number of anilines is 1. The van der Waals surface area contributed by atoms with Crippen LogP contribution in [0.25, 0.3) is 0 Å². The van der Waals surface area contributed by atoms with Crippen LogP contribution in [-0.2, 0) is 13.2 Å². The number of carbonyl (C=O) groups excluding carboxylic acids is 1. The third-order valence-corrected chi connectivity index (χ3v) is 5.06. The maximum Gasteiger partial charge on any atom is 0.256 e. The highest BCUT2D eigenvalue weighted by atomic mass is 19.2. The molecule has 0 saturated carbocycles. The molecule has 0 spiro atoms. The zero-order valence-electron chi connectivity index (χ0n) is 18.4. The van der Waals surface area contributed by atoms with Crippen molar-refractivity contribution in [3.05, 3.63) is 107 Å². The molecule has 6 nitrogen and oxygen atoms in total. The molecular weight excluding hydrogens is 466 g/mol. The second-order valence-electron chi connectivity index (χ2n) is 7.44. The summed E-state index contributed by atoms with van der Waals surface area (Å²) in [5, 5.41) is 6.57. The van der Waals surface area contributed by atoms with Gasteiger partial charge in [-0.05, 0) is 29.8 Å². The molecule has 0 aliphatic heterocycles. The molecule has 0 atom stereocenters. The van der Waals surface area contributed by atoms with E-state index < -0.39 is 41.3 Å². The maximum absolute atomic E-state index is 13.9. The number of methoxy groups -OCH3 is 1. The Hall–Kier alpha value is -4.34. The summed E-state index contributed by atoms with van der Waals surface area (Å²) < 4.78 is 66.7. The fraction of sp³-hybridized carbons (Fsp3) is 0.120. The molecule has 0 fully saturated rings. The fourth-order valence-electron chi connectivity index (χ4n) is 3.33. The zero-order chi connectivity index (χ0) is 24.9. The number of aromatic nitrogens is 2. The molecule has 180 valence electrons. The quantitative estimate of drug-likeness (QED) is 0.271. The minimum atomic E-state index is -1.51. The van der Waals surface area contributed by atoms with Gasteiger partial charge in [-0.25, -0.2) is 17.6 Å². The number of hydrogen-bond donors (Lipinski definition) is 1. The average molecular weight is 485 g/mol. The van der Waals surface area contributed by atoms with Crippen molar-refractivity contribution < 1.29 is 31.8 Å². The number of nitrogens with zero attached hydrogens (tertiary/aromatic N) is 2. The van der Waals surface area contributed by atoms with Crippen LogP contribution in [0.15, 0.2) is 66.9 Å². The van der Waals surface area contributed by atoms with Gasteiger partial charge in [0.1, 0.15) is 6.61 Å². The van der Waals surface area contributed by atoms with Gasteiger partial charge in [0.25, 0.3) is 5.91 Å². The molecule has 0 aliphatic carbocycles. The highest BCUT2D eigenvalue weighted by Crippen LogP contribution is 2.27. The van der Waals surface area contributed by atoms with Gasteiger partial charge in [-0.15, -0.1) is 0 Å². The highest BCUT2D eigenvalue weighted by molar-refractivity contribution is 6.03. The van der Waals surface area contributed by atoms with Gasteiger partial charge < -0.3 is 14.8 Å². The number of amides is 1. The van der Waals surface area contributed by atoms with Crippen LogP contribution < -0.4 is 14.8 Å². The van der Waals surface area contributed by atoms with Gasteiger partial charge in [-0.2, -0.15) is 5.10 Å². The summed E-state index contributed by atoms with van der Waals surface area (Å²) in [5.41, 5.74) is 0.240. The van der Waals surface area contributed by atoms with Crippen molar-refractivity contribution in [1.29, 1.82) is 0 Å². The highest BCUT2D eigenvalue weighted by Gasteiger charge is 2.20. The monoisotopic (exact) mass is 485 g/mol. The summed E-state index contributed by atoms with van der Waals surface area (Å²) in [4.78, 5) is 12.7. The fourth-order valence-corrected chi connectivity index (χ4v) is 3.33. The van der Waals surface area contributed by atoms with Crippen molar-refractivity contribution in [1.82, 2.24) is 9.78 Å². The molecule has 0 bridgehead atoms. The van der Waals surface area contributed by atoms with Crippen LogP contribution in [0.5, 0.6) is 11.5 Å². The van der Waals surface area contributed by atoms with E-state index in [1.807, 2.05) is 12.1 Å².